The molecule has 0 aliphatic heterocycles. The van der Waals surface area contributed by atoms with Gasteiger partial charge in [0.05, 0.1) is 0 Å². The zero-order chi connectivity index (χ0) is 50.7. The summed E-state index contributed by atoms with van der Waals surface area (Å²) in [6, 6.07) is 0. The second kappa shape index (κ2) is 58.4. The highest BCUT2D eigenvalue weighted by molar-refractivity contribution is 5.71. The maximum atomic E-state index is 12.9. The topological polar surface area (TPSA) is 78.9 Å². The Bertz CT molecular complexity index is 1310. The van der Waals surface area contributed by atoms with E-state index < -0.39 is 6.10 Å². The second-order valence-electron chi connectivity index (χ2n) is 19.9. The summed E-state index contributed by atoms with van der Waals surface area (Å²) < 4.78 is 16.8. The predicted octanol–water partition coefficient (Wildman–Crippen LogP) is 20.2. The van der Waals surface area contributed by atoms with Crippen LogP contribution in [0.25, 0.3) is 0 Å². The van der Waals surface area contributed by atoms with E-state index in [1.54, 1.807) is 0 Å². The minimum absolute atomic E-state index is 0.0972. The van der Waals surface area contributed by atoms with Crippen molar-refractivity contribution in [1.82, 2.24) is 0 Å². The van der Waals surface area contributed by atoms with Crippen molar-refractivity contribution in [2.45, 2.75) is 303 Å². The van der Waals surface area contributed by atoms with Crippen LogP contribution in [0.15, 0.2) is 72.9 Å². The smallest absolute Gasteiger partial charge is 0.306 e. The molecule has 404 valence electrons. The molecule has 0 spiro atoms. The van der Waals surface area contributed by atoms with E-state index in [1.165, 1.54) is 180 Å². The molecular formula is C64H112O6. The van der Waals surface area contributed by atoms with Crippen molar-refractivity contribution in [3.05, 3.63) is 72.9 Å². The van der Waals surface area contributed by atoms with Crippen LogP contribution in [0.3, 0.4) is 0 Å². The molecule has 0 aromatic carbocycles. The van der Waals surface area contributed by atoms with E-state index in [9.17, 15) is 14.4 Å². The monoisotopic (exact) mass is 977 g/mol. The lowest BCUT2D eigenvalue weighted by Crippen LogP contribution is -2.30. The molecule has 0 rings (SSSR count). The van der Waals surface area contributed by atoms with E-state index >= 15 is 0 Å². The Kier molecular flexibility index (Phi) is 55.8. The van der Waals surface area contributed by atoms with Crippen molar-refractivity contribution in [2.24, 2.45) is 0 Å². The summed E-state index contributed by atoms with van der Waals surface area (Å²) >= 11 is 0. The van der Waals surface area contributed by atoms with E-state index in [0.717, 1.165) is 70.6 Å². The van der Waals surface area contributed by atoms with Crippen LogP contribution in [-0.2, 0) is 28.6 Å². The normalized spacial score (nSPS) is 12.6. The van der Waals surface area contributed by atoms with Gasteiger partial charge in [0.25, 0.3) is 0 Å². The molecule has 0 aromatic heterocycles. The third-order valence-electron chi connectivity index (χ3n) is 13.0. The fraction of sp³-hybridized carbons (Fsp3) is 0.766. The molecule has 1 unspecified atom stereocenters. The number of carbonyl (C=O) groups excluding carboxylic acids is 3. The van der Waals surface area contributed by atoms with Gasteiger partial charge in [0.15, 0.2) is 6.10 Å². The van der Waals surface area contributed by atoms with Gasteiger partial charge in [0.2, 0.25) is 0 Å². The molecule has 0 aliphatic rings. The highest BCUT2D eigenvalue weighted by atomic mass is 16.6. The van der Waals surface area contributed by atoms with E-state index in [-0.39, 0.29) is 37.5 Å². The standard InChI is InChI=1S/C64H112O6/c1-4-7-10-13-16-19-22-25-28-31-32-34-36-39-42-45-48-51-54-57-63(66)69-60-61(59-68-62(65)56-53-50-47-44-41-38-35-30-27-24-21-18-15-12-9-6-3)70-64(67)58-55-52-49-46-43-40-37-33-29-26-23-20-17-14-11-8-5-2/h9,12,18,21,26-27,29-30,38,41,47,50,61H,4-8,10-11,13-17,19-20,22-25,28,31-37,39-40,42-46,48-49,51-60H2,1-3H3/b12-9-,21-18-,29-26-,30-27-,41-38-,50-47-. The Morgan fingerprint density at radius 1 is 0.300 bits per heavy atom. The molecule has 70 heavy (non-hydrogen) atoms. The summed E-state index contributed by atoms with van der Waals surface area (Å²) in [6.45, 7) is 6.49. The van der Waals surface area contributed by atoms with Crippen LogP contribution in [0.5, 0.6) is 0 Å². The van der Waals surface area contributed by atoms with Crippen LogP contribution in [0.2, 0.25) is 0 Å². The average molecular weight is 978 g/mol. The molecule has 0 heterocycles. The summed E-state index contributed by atoms with van der Waals surface area (Å²) in [7, 11) is 0. The quantitative estimate of drug-likeness (QED) is 0.0261. The Labute approximate surface area is 433 Å². The second-order valence-corrected chi connectivity index (χ2v) is 19.9. The van der Waals surface area contributed by atoms with Crippen LogP contribution in [0.1, 0.15) is 297 Å². The largest absolute Gasteiger partial charge is 0.462 e. The number of hydrogen-bond donors (Lipinski definition) is 0. The van der Waals surface area contributed by atoms with Gasteiger partial charge < -0.3 is 14.2 Å². The molecule has 0 saturated heterocycles. The van der Waals surface area contributed by atoms with Gasteiger partial charge >= 0.3 is 17.9 Å². The van der Waals surface area contributed by atoms with Gasteiger partial charge in [0.1, 0.15) is 13.2 Å². The Morgan fingerprint density at radius 3 is 0.957 bits per heavy atom. The number of unbranched alkanes of at least 4 members (excludes halogenated alkanes) is 31. The number of esters is 3. The molecule has 0 amide bonds. The molecule has 6 heteroatoms. The third-order valence-corrected chi connectivity index (χ3v) is 13.0. The number of carbonyl (C=O) groups is 3. The molecule has 0 bridgehead atoms. The highest BCUT2D eigenvalue weighted by Gasteiger charge is 2.19. The number of ether oxygens (including phenoxy) is 3. The van der Waals surface area contributed by atoms with E-state index in [0.29, 0.717) is 19.3 Å². The lowest BCUT2D eigenvalue weighted by molar-refractivity contribution is -0.166. The zero-order valence-corrected chi connectivity index (χ0v) is 46.3. The van der Waals surface area contributed by atoms with Crippen molar-refractivity contribution in [3.63, 3.8) is 0 Å². The molecular weight excluding hydrogens is 865 g/mol. The Morgan fingerprint density at radius 2 is 0.586 bits per heavy atom. The van der Waals surface area contributed by atoms with Crippen molar-refractivity contribution in [3.8, 4) is 0 Å². The Hall–Kier alpha value is -3.15. The van der Waals surface area contributed by atoms with Gasteiger partial charge in [0, 0.05) is 19.3 Å². The lowest BCUT2D eigenvalue weighted by atomic mass is 10.0. The van der Waals surface area contributed by atoms with Gasteiger partial charge in [-0.05, 0) is 77.0 Å². The van der Waals surface area contributed by atoms with E-state index in [1.807, 2.05) is 6.08 Å². The molecule has 0 radical (unpaired) electrons. The first-order valence-corrected chi connectivity index (χ1v) is 29.9. The molecule has 0 N–H and O–H groups in total. The van der Waals surface area contributed by atoms with E-state index in [2.05, 4.69) is 87.6 Å². The van der Waals surface area contributed by atoms with Crippen molar-refractivity contribution >= 4 is 17.9 Å². The van der Waals surface area contributed by atoms with Gasteiger partial charge in [-0.3, -0.25) is 14.4 Å². The van der Waals surface area contributed by atoms with Crippen LogP contribution in [0, 0.1) is 0 Å². The summed E-state index contributed by atoms with van der Waals surface area (Å²) in [6.07, 6.45) is 74.8. The Balaban J connectivity index is 4.43. The maximum absolute atomic E-state index is 12.9. The van der Waals surface area contributed by atoms with E-state index in [4.69, 9.17) is 14.2 Å². The highest BCUT2D eigenvalue weighted by Crippen LogP contribution is 2.16. The molecule has 0 fully saturated rings. The van der Waals surface area contributed by atoms with Gasteiger partial charge in [-0.15, -0.1) is 0 Å². The van der Waals surface area contributed by atoms with Crippen LogP contribution in [-0.4, -0.2) is 37.2 Å². The fourth-order valence-electron chi connectivity index (χ4n) is 8.49. The van der Waals surface area contributed by atoms with Gasteiger partial charge in [-0.2, -0.15) is 0 Å². The first-order valence-electron chi connectivity index (χ1n) is 29.9. The molecule has 1 atom stereocenters. The fourth-order valence-corrected chi connectivity index (χ4v) is 8.49. The van der Waals surface area contributed by atoms with Crippen molar-refractivity contribution in [2.75, 3.05) is 13.2 Å². The van der Waals surface area contributed by atoms with Crippen LogP contribution in [0.4, 0.5) is 0 Å². The first-order chi connectivity index (χ1) is 34.5. The summed E-state index contributed by atoms with van der Waals surface area (Å²) in [5.74, 6) is -0.976. The lowest BCUT2D eigenvalue weighted by Gasteiger charge is -2.18. The number of allylic oxidation sites excluding steroid dienone is 12. The van der Waals surface area contributed by atoms with Crippen LogP contribution < -0.4 is 0 Å². The van der Waals surface area contributed by atoms with Gasteiger partial charge in [-0.1, -0.05) is 273 Å². The summed E-state index contributed by atoms with van der Waals surface area (Å²) in [5.41, 5.74) is 0. The first kappa shape index (κ1) is 66.9. The number of hydrogen-bond acceptors (Lipinski definition) is 6. The average Bonchev–Trinajstić information content (AvgIpc) is 3.36. The summed E-state index contributed by atoms with van der Waals surface area (Å²) in [4.78, 5) is 38.2. The predicted molar refractivity (Wildman–Crippen MR) is 302 cm³/mol. The number of rotatable bonds is 54. The van der Waals surface area contributed by atoms with Crippen molar-refractivity contribution < 1.29 is 28.6 Å². The third kappa shape index (κ3) is 55.8. The molecule has 0 aromatic rings. The SMILES string of the molecule is CC/C=C\C/C=C\C/C=C\C/C=C\C/C=C\CCC(=O)OCC(COC(=O)CCCCCCCCCCCCCCCCCCCCC)OC(=O)CCCCCCCCC/C=C\CCCCCCCC. The molecule has 0 saturated carbocycles. The van der Waals surface area contributed by atoms with Crippen LogP contribution >= 0.6 is 0 Å². The zero-order valence-electron chi connectivity index (χ0n) is 46.3. The molecule has 0 aliphatic carbocycles. The molecule has 6 nitrogen and oxygen atoms in total. The maximum Gasteiger partial charge on any atom is 0.306 e. The summed E-state index contributed by atoms with van der Waals surface area (Å²) in [5, 5.41) is 0. The minimum Gasteiger partial charge on any atom is -0.462 e. The van der Waals surface area contributed by atoms with Gasteiger partial charge in [-0.25, -0.2) is 0 Å². The minimum atomic E-state index is -0.806. The van der Waals surface area contributed by atoms with Crippen molar-refractivity contribution in [1.29, 1.82) is 0 Å².